The van der Waals surface area contributed by atoms with E-state index in [0.29, 0.717) is 0 Å². The molecule has 0 spiro atoms. The number of ether oxygens (including phenoxy) is 1. The van der Waals surface area contributed by atoms with Crippen molar-refractivity contribution in [2.45, 2.75) is 0 Å². The monoisotopic (exact) mass is 285 g/mol. The molecule has 0 unspecified atom stereocenters. The van der Waals surface area contributed by atoms with E-state index in [1.165, 1.54) is 11.3 Å². The summed E-state index contributed by atoms with van der Waals surface area (Å²) in [6.45, 7) is 0. The van der Waals surface area contributed by atoms with Gasteiger partial charge in [0.2, 0.25) is 0 Å². The highest BCUT2D eigenvalue weighted by molar-refractivity contribution is 7.73. The minimum absolute atomic E-state index is 0.791. The lowest BCUT2D eigenvalue weighted by atomic mass is 10.2. The van der Waals surface area contributed by atoms with E-state index in [1.54, 1.807) is 0 Å². The molecule has 2 nitrogen and oxygen atoms in total. The molecule has 0 bridgehead atoms. The minimum atomic E-state index is 0.791. The Kier molecular flexibility index (Phi) is 3.44. The zero-order valence-corrected chi connectivity index (χ0v) is 11.6. The third kappa shape index (κ3) is 2.92. The van der Waals surface area contributed by atoms with E-state index < -0.39 is 0 Å². The van der Waals surface area contributed by atoms with Crippen LogP contribution in [0.15, 0.2) is 60.0 Å². The lowest BCUT2D eigenvalue weighted by molar-refractivity contribution is 0.483. The highest BCUT2D eigenvalue weighted by Crippen LogP contribution is 2.25. The molecule has 1 N–H and O–H groups in total. The molecule has 0 atom stereocenters. The molecule has 3 aromatic rings. The van der Waals surface area contributed by atoms with E-state index in [4.69, 9.17) is 17.0 Å². The second kappa shape index (κ2) is 5.38. The average Bonchev–Trinajstić information content (AvgIpc) is 2.87. The smallest absolute Gasteiger partial charge is 0.158 e. The van der Waals surface area contributed by atoms with E-state index in [0.717, 1.165) is 26.7 Å². The number of rotatable bonds is 3. The van der Waals surface area contributed by atoms with Crippen LogP contribution in [0.1, 0.15) is 0 Å². The van der Waals surface area contributed by atoms with Gasteiger partial charge in [0.15, 0.2) is 3.95 Å². The van der Waals surface area contributed by atoms with Crippen molar-refractivity contribution < 1.29 is 4.74 Å². The van der Waals surface area contributed by atoms with Gasteiger partial charge in [0.25, 0.3) is 0 Å². The number of para-hydroxylation sites is 1. The molecule has 0 saturated carbocycles. The lowest BCUT2D eigenvalue weighted by Crippen LogP contribution is -1.84. The maximum Gasteiger partial charge on any atom is 0.158 e. The third-order valence-electron chi connectivity index (χ3n) is 2.66. The number of benzene rings is 2. The zero-order chi connectivity index (χ0) is 13.1. The van der Waals surface area contributed by atoms with Crippen LogP contribution in [0, 0.1) is 3.95 Å². The van der Waals surface area contributed by atoms with Gasteiger partial charge in [-0.3, -0.25) is 0 Å². The number of thiazole rings is 1. The molecule has 2 aromatic carbocycles. The quantitative estimate of drug-likeness (QED) is 0.663. The van der Waals surface area contributed by atoms with Crippen molar-refractivity contribution >= 4 is 23.6 Å². The maximum atomic E-state index is 5.75. The first-order valence-electron chi connectivity index (χ1n) is 5.82. The number of hydrogen-bond acceptors (Lipinski definition) is 3. The first-order valence-corrected chi connectivity index (χ1v) is 7.11. The Labute approximate surface area is 120 Å². The van der Waals surface area contributed by atoms with Gasteiger partial charge < -0.3 is 9.72 Å². The third-order valence-corrected chi connectivity index (χ3v) is 3.73. The molecular formula is C15H11NOS2. The molecule has 3 rings (SSSR count). The summed E-state index contributed by atoms with van der Waals surface area (Å²) < 4.78 is 6.54. The first kappa shape index (κ1) is 12.1. The lowest BCUT2D eigenvalue weighted by Gasteiger charge is -2.05. The standard InChI is InChI=1S/C15H11NOS2/c18-15-16-14(10-19-15)11-6-8-13(9-7-11)17-12-4-2-1-3-5-12/h1-10H,(H,16,18). The molecule has 0 aliphatic carbocycles. The van der Waals surface area contributed by atoms with Gasteiger partial charge in [0.1, 0.15) is 11.5 Å². The predicted molar refractivity (Wildman–Crippen MR) is 81.5 cm³/mol. The van der Waals surface area contributed by atoms with Crippen molar-refractivity contribution in [3.05, 3.63) is 63.9 Å². The highest BCUT2D eigenvalue weighted by Gasteiger charge is 2.01. The van der Waals surface area contributed by atoms with Crippen LogP contribution in [0.5, 0.6) is 11.5 Å². The fourth-order valence-electron chi connectivity index (χ4n) is 1.75. The summed E-state index contributed by atoms with van der Waals surface area (Å²) in [6, 6.07) is 17.7. The fourth-order valence-corrected chi connectivity index (χ4v) is 2.59. The number of aromatic nitrogens is 1. The fraction of sp³-hybridized carbons (Fsp3) is 0. The average molecular weight is 285 g/mol. The van der Waals surface area contributed by atoms with Crippen molar-refractivity contribution in [2.75, 3.05) is 0 Å². The molecule has 1 aromatic heterocycles. The van der Waals surface area contributed by atoms with Crippen molar-refractivity contribution in [3.8, 4) is 22.8 Å². The van der Waals surface area contributed by atoms with E-state index in [-0.39, 0.29) is 0 Å². The summed E-state index contributed by atoms with van der Waals surface area (Å²) in [5, 5.41) is 2.02. The van der Waals surface area contributed by atoms with Crippen LogP contribution < -0.4 is 4.74 Å². The summed E-state index contributed by atoms with van der Waals surface area (Å²) in [7, 11) is 0. The number of nitrogens with one attached hydrogen (secondary N) is 1. The van der Waals surface area contributed by atoms with Crippen LogP contribution in [0.2, 0.25) is 0 Å². The summed E-state index contributed by atoms with van der Waals surface area (Å²) >= 11 is 6.62. The maximum absolute atomic E-state index is 5.75. The summed E-state index contributed by atoms with van der Waals surface area (Å²) in [5.41, 5.74) is 2.15. The topological polar surface area (TPSA) is 25.0 Å². The van der Waals surface area contributed by atoms with Crippen LogP contribution >= 0.6 is 23.6 Å². The normalized spacial score (nSPS) is 10.3. The van der Waals surface area contributed by atoms with E-state index in [1.807, 2.05) is 60.0 Å². The second-order valence-corrected chi connectivity index (χ2v) is 5.55. The van der Waals surface area contributed by atoms with Crippen LogP contribution in [0.25, 0.3) is 11.3 Å². The SMILES string of the molecule is S=c1[nH]c(-c2ccc(Oc3ccccc3)cc2)cs1. The Morgan fingerprint density at radius 2 is 1.58 bits per heavy atom. The van der Waals surface area contributed by atoms with Gasteiger partial charge in [0.05, 0.1) is 5.69 Å². The number of hydrogen-bond donors (Lipinski definition) is 1. The van der Waals surface area contributed by atoms with Gasteiger partial charge in [-0.25, -0.2) is 0 Å². The van der Waals surface area contributed by atoms with Crippen LogP contribution in [-0.2, 0) is 0 Å². The van der Waals surface area contributed by atoms with Crippen molar-refractivity contribution in [2.24, 2.45) is 0 Å². The molecule has 4 heteroatoms. The molecule has 0 aliphatic heterocycles. The Balaban J connectivity index is 1.81. The van der Waals surface area contributed by atoms with Gasteiger partial charge in [-0.15, -0.1) is 11.3 Å². The number of H-pyrrole nitrogens is 1. The van der Waals surface area contributed by atoms with Gasteiger partial charge in [-0.1, -0.05) is 18.2 Å². The zero-order valence-electron chi connectivity index (χ0n) is 10.00. The summed E-state index contributed by atoms with van der Waals surface area (Å²) in [4.78, 5) is 3.15. The Hall–Kier alpha value is -1.91. The molecule has 0 aliphatic rings. The van der Waals surface area contributed by atoms with Gasteiger partial charge >= 0.3 is 0 Å². The largest absolute Gasteiger partial charge is 0.457 e. The van der Waals surface area contributed by atoms with Gasteiger partial charge in [-0.2, -0.15) is 0 Å². The summed E-state index contributed by atoms with van der Waals surface area (Å²) in [5.74, 6) is 1.66. The minimum Gasteiger partial charge on any atom is -0.457 e. The van der Waals surface area contributed by atoms with Crippen molar-refractivity contribution in [1.82, 2.24) is 4.98 Å². The van der Waals surface area contributed by atoms with Gasteiger partial charge in [0, 0.05) is 5.38 Å². The summed E-state index contributed by atoms with van der Waals surface area (Å²) in [6.07, 6.45) is 0. The number of aromatic amines is 1. The first-order chi connectivity index (χ1) is 9.31. The molecule has 0 fully saturated rings. The Bertz CT molecular complexity index is 714. The molecule has 0 radical (unpaired) electrons. The molecule has 0 saturated heterocycles. The van der Waals surface area contributed by atoms with Crippen LogP contribution in [0.4, 0.5) is 0 Å². The molecular weight excluding hydrogens is 274 g/mol. The van der Waals surface area contributed by atoms with Gasteiger partial charge in [-0.05, 0) is 54.2 Å². The Morgan fingerprint density at radius 1 is 0.895 bits per heavy atom. The Morgan fingerprint density at radius 3 is 2.21 bits per heavy atom. The molecule has 1 heterocycles. The highest BCUT2D eigenvalue weighted by atomic mass is 32.1. The van der Waals surface area contributed by atoms with Crippen LogP contribution in [0.3, 0.4) is 0 Å². The second-order valence-electron chi connectivity index (χ2n) is 4.00. The van der Waals surface area contributed by atoms with E-state index >= 15 is 0 Å². The van der Waals surface area contributed by atoms with Crippen molar-refractivity contribution in [3.63, 3.8) is 0 Å². The van der Waals surface area contributed by atoms with E-state index in [2.05, 4.69) is 4.98 Å². The van der Waals surface area contributed by atoms with Crippen LogP contribution in [-0.4, -0.2) is 4.98 Å². The van der Waals surface area contributed by atoms with Crippen molar-refractivity contribution in [1.29, 1.82) is 0 Å². The molecule has 0 amide bonds. The van der Waals surface area contributed by atoms with E-state index in [9.17, 15) is 0 Å². The molecule has 19 heavy (non-hydrogen) atoms. The molecule has 94 valence electrons. The predicted octanol–water partition coefficient (Wildman–Crippen LogP) is 5.26.